The lowest BCUT2D eigenvalue weighted by Crippen LogP contribution is -2.52. The lowest BCUT2D eigenvalue weighted by atomic mass is 9.70. The van der Waals surface area contributed by atoms with Gasteiger partial charge in [0, 0.05) is 23.6 Å². The third-order valence-electron chi connectivity index (χ3n) is 7.69. The molecule has 2 aliphatic rings. The predicted octanol–water partition coefficient (Wildman–Crippen LogP) is 3.02. The summed E-state index contributed by atoms with van der Waals surface area (Å²) >= 11 is 0. The standard InChI is InChI=1S/C29H28O10/c1-34-18-13-21(36-3)25-22(14-18)39-29(17-10-11-20(35-2)19(31)12-17)24(16-8-6-5-7-9-16)23(27(32)37-4)26(38-15-30)28(25,29)33/h5-15,23-24,26,31,33H,1-4H3/t23-,24-,26-,28+,29+/m1/s1. The van der Waals surface area contributed by atoms with E-state index in [9.17, 15) is 19.8 Å². The number of phenolic OH excluding ortho intramolecular Hbond substituents is 1. The second-order valence-electron chi connectivity index (χ2n) is 9.28. The van der Waals surface area contributed by atoms with Crippen LogP contribution in [0.5, 0.6) is 28.7 Å². The molecule has 0 saturated heterocycles. The van der Waals surface area contributed by atoms with Crippen LogP contribution in [0.1, 0.15) is 22.6 Å². The molecule has 1 heterocycles. The van der Waals surface area contributed by atoms with E-state index in [-0.39, 0.29) is 35.0 Å². The number of aromatic hydroxyl groups is 1. The zero-order valence-electron chi connectivity index (χ0n) is 21.7. The van der Waals surface area contributed by atoms with Crippen LogP contribution < -0.4 is 18.9 Å². The predicted molar refractivity (Wildman–Crippen MR) is 136 cm³/mol. The van der Waals surface area contributed by atoms with Crippen LogP contribution in [-0.4, -0.2) is 57.2 Å². The summed E-state index contributed by atoms with van der Waals surface area (Å²) in [7, 11) is 5.51. The number of ether oxygens (including phenoxy) is 6. The van der Waals surface area contributed by atoms with Crippen LogP contribution in [0.15, 0.2) is 60.7 Å². The fraction of sp³-hybridized carbons (Fsp3) is 0.310. The van der Waals surface area contributed by atoms with E-state index < -0.39 is 35.1 Å². The quantitative estimate of drug-likeness (QED) is 0.327. The second kappa shape index (κ2) is 9.70. The summed E-state index contributed by atoms with van der Waals surface area (Å²) < 4.78 is 33.8. The Balaban J connectivity index is 1.94. The van der Waals surface area contributed by atoms with Gasteiger partial charge in [-0.2, -0.15) is 0 Å². The number of phenols is 1. The zero-order valence-corrected chi connectivity index (χ0v) is 21.7. The first-order valence-corrected chi connectivity index (χ1v) is 12.1. The summed E-state index contributed by atoms with van der Waals surface area (Å²) in [5, 5.41) is 23.8. The molecule has 1 saturated carbocycles. The van der Waals surface area contributed by atoms with Crippen molar-refractivity contribution in [1.82, 2.24) is 0 Å². The third-order valence-corrected chi connectivity index (χ3v) is 7.69. The van der Waals surface area contributed by atoms with E-state index in [2.05, 4.69) is 0 Å². The highest BCUT2D eigenvalue weighted by atomic mass is 16.6. The molecule has 0 aromatic heterocycles. The molecule has 10 heteroatoms. The van der Waals surface area contributed by atoms with Gasteiger partial charge in [0.15, 0.2) is 28.8 Å². The van der Waals surface area contributed by atoms with Crippen molar-refractivity contribution in [2.75, 3.05) is 28.4 Å². The number of fused-ring (bicyclic) bond motifs is 3. The molecule has 204 valence electrons. The van der Waals surface area contributed by atoms with Gasteiger partial charge in [-0.05, 0) is 17.7 Å². The maximum Gasteiger partial charge on any atom is 0.313 e. The molecule has 1 aliphatic heterocycles. The van der Waals surface area contributed by atoms with Gasteiger partial charge in [0.05, 0.1) is 34.0 Å². The van der Waals surface area contributed by atoms with Crippen molar-refractivity contribution in [3.63, 3.8) is 0 Å². The number of carbonyl (C=O) groups excluding carboxylic acids is 2. The molecule has 5 atom stereocenters. The van der Waals surface area contributed by atoms with Crippen LogP contribution in [0.3, 0.4) is 0 Å². The number of carbonyl (C=O) groups is 2. The van der Waals surface area contributed by atoms with Gasteiger partial charge in [0.2, 0.25) is 0 Å². The summed E-state index contributed by atoms with van der Waals surface area (Å²) in [5.74, 6) is -2.21. The van der Waals surface area contributed by atoms with E-state index in [0.717, 1.165) is 0 Å². The van der Waals surface area contributed by atoms with E-state index >= 15 is 0 Å². The van der Waals surface area contributed by atoms with Crippen molar-refractivity contribution < 1.29 is 48.2 Å². The summed E-state index contributed by atoms with van der Waals surface area (Å²) in [4.78, 5) is 25.4. The number of hydrogen-bond donors (Lipinski definition) is 2. The van der Waals surface area contributed by atoms with E-state index in [0.29, 0.717) is 16.9 Å². The zero-order chi connectivity index (χ0) is 27.9. The molecule has 39 heavy (non-hydrogen) atoms. The number of hydrogen-bond acceptors (Lipinski definition) is 10. The molecular weight excluding hydrogens is 508 g/mol. The average Bonchev–Trinajstić information content (AvgIpc) is 3.35. The summed E-state index contributed by atoms with van der Waals surface area (Å²) in [6.07, 6.45) is -1.49. The van der Waals surface area contributed by atoms with Gasteiger partial charge in [-0.25, -0.2) is 0 Å². The maximum absolute atomic E-state index is 13.5. The molecule has 10 nitrogen and oxygen atoms in total. The minimum absolute atomic E-state index is 0.153. The largest absolute Gasteiger partial charge is 0.504 e. The first-order valence-electron chi connectivity index (χ1n) is 12.1. The van der Waals surface area contributed by atoms with Gasteiger partial charge in [0.1, 0.15) is 23.2 Å². The molecular formula is C29H28O10. The first kappa shape index (κ1) is 26.2. The Labute approximate surface area is 224 Å². The van der Waals surface area contributed by atoms with E-state index in [1.165, 1.54) is 40.6 Å². The van der Waals surface area contributed by atoms with Crippen LogP contribution in [0.25, 0.3) is 0 Å². The van der Waals surface area contributed by atoms with Crippen molar-refractivity contribution >= 4 is 12.4 Å². The molecule has 5 rings (SSSR count). The normalized spacial score (nSPS) is 26.5. The molecule has 0 spiro atoms. The molecule has 0 bridgehead atoms. The molecule has 0 radical (unpaired) electrons. The maximum atomic E-state index is 13.5. The lowest BCUT2D eigenvalue weighted by Gasteiger charge is -2.41. The van der Waals surface area contributed by atoms with Gasteiger partial charge < -0.3 is 38.6 Å². The number of esters is 1. The Morgan fingerprint density at radius 2 is 1.67 bits per heavy atom. The summed E-state index contributed by atoms with van der Waals surface area (Å²) in [6, 6.07) is 16.6. The van der Waals surface area contributed by atoms with E-state index in [4.69, 9.17) is 28.4 Å². The monoisotopic (exact) mass is 536 g/mol. The number of aliphatic hydroxyl groups is 1. The Bertz CT molecular complexity index is 1410. The molecule has 1 aliphatic carbocycles. The van der Waals surface area contributed by atoms with Gasteiger partial charge in [-0.15, -0.1) is 0 Å². The Hall–Kier alpha value is -4.44. The Kier molecular flexibility index (Phi) is 6.51. The highest BCUT2D eigenvalue weighted by Crippen LogP contribution is 2.71. The smallest absolute Gasteiger partial charge is 0.313 e. The molecule has 0 unspecified atom stereocenters. The number of rotatable bonds is 8. The Morgan fingerprint density at radius 1 is 0.949 bits per heavy atom. The molecule has 3 aromatic carbocycles. The van der Waals surface area contributed by atoms with Gasteiger partial charge in [0.25, 0.3) is 6.47 Å². The van der Waals surface area contributed by atoms with Crippen molar-refractivity contribution in [2.24, 2.45) is 5.92 Å². The average molecular weight is 537 g/mol. The highest BCUT2D eigenvalue weighted by molar-refractivity contribution is 5.79. The topological polar surface area (TPSA) is 130 Å². The van der Waals surface area contributed by atoms with Crippen molar-refractivity contribution in [3.05, 3.63) is 77.4 Å². The van der Waals surface area contributed by atoms with Crippen molar-refractivity contribution in [1.29, 1.82) is 0 Å². The molecule has 2 N–H and O–H groups in total. The minimum atomic E-state index is -2.21. The van der Waals surface area contributed by atoms with Crippen LogP contribution in [-0.2, 0) is 30.3 Å². The number of methoxy groups -OCH3 is 4. The second-order valence-corrected chi connectivity index (χ2v) is 9.28. The van der Waals surface area contributed by atoms with Gasteiger partial charge in [-0.1, -0.05) is 36.4 Å². The van der Waals surface area contributed by atoms with Crippen LogP contribution >= 0.6 is 0 Å². The molecule has 3 aromatic rings. The molecule has 0 amide bonds. The summed E-state index contributed by atoms with van der Waals surface area (Å²) in [5.41, 5.74) is -2.99. The fourth-order valence-corrected chi connectivity index (χ4v) is 6.20. The minimum Gasteiger partial charge on any atom is -0.504 e. The van der Waals surface area contributed by atoms with Crippen molar-refractivity contribution in [3.8, 4) is 28.7 Å². The van der Waals surface area contributed by atoms with Gasteiger partial charge >= 0.3 is 5.97 Å². The fourth-order valence-electron chi connectivity index (χ4n) is 6.20. The van der Waals surface area contributed by atoms with Crippen molar-refractivity contribution in [2.45, 2.75) is 23.2 Å². The van der Waals surface area contributed by atoms with Crippen LogP contribution in [0, 0.1) is 5.92 Å². The SMILES string of the molecule is COC(=O)[C@H]1[C@@H](OC=O)[C@@]2(O)c3c(OC)cc(OC)cc3O[C@@]2(c2ccc(OC)c(O)c2)[C@@H]1c1ccccc1. The third kappa shape index (κ3) is 3.51. The van der Waals surface area contributed by atoms with Gasteiger partial charge in [-0.3, -0.25) is 9.59 Å². The molecule has 1 fully saturated rings. The summed E-state index contributed by atoms with van der Waals surface area (Å²) in [6.45, 7) is 0.177. The first-order chi connectivity index (χ1) is 18.8. The highest BCUT2D eigenvalue weighted by Gasteiger charge is 2.79. The van der Waals surface area contributed by atoms with Crippen LogP contribution in [0.4, 0.5) is 0 Å². The van der Waals surface area contributed by atoms with E-state index in [1.54, 1.807) is 48.5 Å². The number of benzene rings is 3. The Morgan fingerprint density at radius 3 is 2.26 bits per heavy atom. The lowest BCUT2D eigenvalue weighted by molar-refractivity contribution is -0.177. The van der Waals surface area contributed by atoms with Crippen LogP contribution in [0.2, 0.25) is 0 Å². The van der Waals surface area contributed by atoms with E-state index in [1.807, 2.05) is 0 Å².